The van der Waals surface area contributed by atoms with E-state index in [1.165, 1.54) is 23.8 Å². The molecular formula is C8H13N3O3. The Bertz CT molecular complexity index is 372. The van der Waals surface area contributed by atoms with E-state index in [-0.39, 0.29) is 12.4 Å². The van der Waals surface area contributed by atoms with Crippen LogP contribution in [0.15, 0.2) is 17.1 Å². The molecule has 0 aromatic carbocycles. The van der Waals surface area contributed by atoms with Crippen LogP contribution in [-0.4, -0.2) is 32.0 Å². The minimum Gasteiger partial charge on any atom is -0.393 e. The highest BCUT2D eigenvalue weighted by atomic mass is 16.3. The van der Waals surface area contributed by atoms with Gasteiger partial charge < -0.3 is 15.9 Å². The van der Waals surface area contributed by atoms with Gasteiger partial charge >= 0.3 is 5.69 Å². The second kappa shape index (κ2) is 3.77. The molecule has 1 rings (SSSR count). The van der Waals surface area contributed by atoms with E-state index in [0.29, 0.717) is 0 Å². The Kier molecular flexibility index (Phi) is 2.87. The Hall–Kier alpha value is -1.40. The predicted molar refractivity (Wildman–Crippen MR) is 50.6 cm³/mol. The number of nitrogens with zero attached hydrogens (tertiary/aromatic N) is 2. The fraction of sp³-hybridized carbons (Fsp3) is 0.500. The quantitative estimate of drug-likeness (QED) is 0.554. The summed E-state index contributed by atoms with van der Waals surface area (Å²) in [5.41, 5.74) is 3.41. The zero-order valence-corrected chi connectivity index (χ0v) is 7.84. The molecule has 0 spiro atoms. The maximum atomic E-state index is 11.2. The lowest BCUT2D eigenvalue weighted by Gasteiger charge is -2.20. The first-order chi connectivity index (χ1) is 6.44. The van der Waals surface area contributed by atoms with Crippen molar-refractivity contribution >= 4 is 5.82 Å². The minimum absolute atomic E-state index is 0.0182. The first-order valence-corrected chi connectivity index (χ1v) is 4.11. The van der Waals surface area contributed by atoms with Crippen molar-refractivity contribution in [2.45, 2.75) is 19.1 Å². The molecule has 0 amide bonds. The molecule has 1 aromatic heterocycles. The molecule has 0 aliphatic carbocycles. The van der Waals surface area contributed by atoms with Crippen molar-refractivity contribution in [2.75, 3.05) is 12.3 Å². The van der Waals surface area contributed by atoms with E-state index in [2.05, 4.69) is 4.98 Å². The molecule has 0 radical (unpaired) electrons. The van der Waals surface area contributed by atoms with Gasteiger partial charge in [-0.25, -0.2) is 4.79 Å². The van der Waals surface area contributed by atoms with Crippen molar-refractivity contribution in [1.29, 1.82) is 0 Å². The highest BCUT2D eigenvalue weighted by Gasteiger charge is 2.20. The molecule has 1 atom stereocenters. The second-order valence-electron chi connectivity index (χ2n) is 3.42. The third kappa shape index (κ3) is 2.54. The van der Waals surface area contributed by atoms with Crippen LogP contribution < -0.4 is 11.4 Å². The van der Waals surface area contributed by atoms with Crippen molar-refractivity contribution in [3.63, 3.8) is 0 Å². The van der Waals surface area contributed by atoms with E-state index in [4.69, 9.17) is 10.8 Å². The highest BCUT2D eigenvalue weighted by molar-refractivity contribution is 5.23. The number of aliphatic hydroxyl groups is 2. The zero-order chi connectivity index (χ0) is 10.8. The molecule has 1 heterocycles. The van der Waals surface area contributed by atoms with Crippen LogP contribution in [0.4, 0.5) is 5.82 Å². The molecule has 1 unspecified atom stereocenters. The largest absolute Gasteiger partial charge is 0.393 e. The van der Waals surface area contributed by atoms with Gasteiger partial charge in [0.2, 0.25) is 0 Å². The standard InChI is InChI=1S/C8H13N3O3/c1-8(14,5-12)4-11-3-2-6(9)10-7(11)13/h2-3,12,14H,4-5H2,1H3,(H2,9,10,13). The topological polar surface area (TPSA) is 101 Å². The minimum atomic E-state index is -1.33. The van der Waals surface area contributed by atoms with Crippen LogP contribution in [0.2, 0.25) is 0 Å². The molecule has 0 saturated heterocycles. The maximum Gasteiger partial charge on any atom is 0.349 e. The molecule has 0 aliphatic heterocycles. The summed E-state index contributed by atoms with van der Waals surface area (Å²) < 4.78 is 1.19. The van der Waals surface area contributed by atoms with Gasteiger partial charge in [-0.05, 0) is 13.0 Å². The van der Waals surface area contributed by atoms with E-state index in [0.717, 1.165) is 0 Å². The Morgan fingerprint density at radius 2 is 2.36 bits per heavy atom. The number of nitrogen functional groups attached to an aromatic ring is 1. The van der Waals surface area contributed by atoms with Crippen LogP contribution in [0.5, 0.6) is 0 Å². The summed E-state index contributed by atoms with van der Waals surface area (Å²) in [6.45, 7) is 0.981. The summed E-state index contributed by atoms with van der Waals surface area (Å²) in [4.78, 5) is 14.7. The van der Waals surface area contributed by atoms with Gasteiger partial charge in [-0.3, -0.25) is 4.57 Å². The summed E-state index contributed by atoms with van der Waals surface area (Å²) >= 11 is 0. The van der Waals surface area contributed by atoms with Crippen molar-refractivity contribution in [2.24, 2.45) is 0 Å². The predicted octanol–water partition coefficient (Wildman–Crippen LogP) is -1.43. The molecule has 4 N–H and O–H groups in total. The van der Waals surface area contributed by atoms with Crippen molar-refractivity contribution in [3.8, 4) is 0 Å². The lowest BCUT2D eigenvalue weighted by molar-refractivity contribution is -0.0129. The van der Waals surface area contributed by atoms with Crippen LogP contribution in [-0.2, 0) is 6.54 Å². The van der Waals surface area contributed by atoms with Gasteiger partial charge in [0, 0.05) is 6.20 Å². The number of rotatable bonds is 3. The number of hydrogen-bond donors (Lipinski definition) is 3. The van der Waals surface area contributed by atoms with E-state index in [9.17, 15) is 9.90 Å². The highest BCUT2D eigenvalue weighted by Crippen LogP contribution is 2.04. The van der Waals surface area contributed by atoms with Crippen LogP contribution in [0.3, 0.4) is 0 Å². The maximum absolute atomic E-state index is 11.2. The van der Waals surface area contributed by atoms with Gasteiger partial charge in [-0.1, -0.05) is 0 Å². The summed E-state index contributed by atoms with van der Waals surface area (Å²) in [5, 5.41) is 18.3. The van der Waals surface area contributed by atoms with Gasteiger partial charge in [-0.15, -0.1) is 0 Å². The van der Waals surface area contributed by atoms with Gasteiger partial charge in [0.1, 0.15) is 11.4 Å². The van der Waals surface area contributed by atoms with Crippen LogP contribution in [0.25, 0.3) is 0 Å². The third-order valence-electron chi connectivity index (χ3n) is 1.75. The Morgan fingerprint density at radius 1 is 1.71 bits per heavy atom. The fourth-order valence-electron chi connectivity index (χ4n) is 0.979. The molecule has 6 nitrogen and oxygen atoms in total. The first-order valence-electron chi connectivity index (χ1n) is 4.11. The van der Waals surface area contributed by atoms with E-state index >= 15 is 0 Å². The van der Waals surface area contributed by atoms with Gasteiger partial charge in [0.05, 0.1) is 13.2 Å². The molecule has 0 bridgehead atoms. The van der Waals surface area contributed by atoms with Crippen molar-refractivity contribution < 1.29 is 10.2 Å². The molecule has 0 aliphatic rings. The molecule has 0 saturated carbocycles. The van der Waals surface area contributed by atoms with Crippen LogP contribution in [0.1, 0.15) is 6.92 Å². The monoisotopic (exact) mass is 199 g/mol. The number of aromatic nitrogens is 2. The Morgan fingerprint density at radius 3 is 2.86 bits per heavy atom. The van der Waals surface area contributed by atoms with Gasteiger partial charge in [-0.2, -0.15) is 4.98 Å². The average molecular weight is 199 g/mol. The average Bonchev–Trinajstić information content (AvgIpc) is 2.10. The summed E-state index contributed by atoms with van der Waals surface area (Å²) in [7, 11) is 0. The van der Waals surface area contributed by atoms with Crippen molar-refractivity contribution in [3.05, 3.63) is 22.7 Å². The lowest BCUT2D eigenvalue weighted by atomic mass is 10.1. The number of hydrogen-bond acceptors (Lipinski definition) is 5. The normalized spacial score (nSPS) is 15.1. The van der Waals surface area contributed by atoms with Crippen LogP contribution >= 0.6 is 0 Å². The molecule has 78 valence electrons. The zero-order valence-electron chi connectivity index (χ0n) is 7.84. The van der Waals surface area contributed by atoms with Crippen LogP contribution in [0, 0.1) is 0 Å². The number of nitrogens with two attached hydrogens (primary N) is 1. The Labute approximate surface area is 80.6 Å². The lowest BCUT2D eigenvalue weighted by Crippen LogP contribution is -2.39. The smallest absolute Gasteiger partial charge is 0.349 e. The Balaban J connectivity index is 2.93. The molecule has 1 aromatic rings. The summed E-state index contributed by atoms with van der Waals surface area (Å²) in [5.74, 6) is 0.134. The molecular weight excluding hydrogens is 186 g/mol. The molecule has 0 fully saturated rings. The summed E-state index contributed by atoms with van der Waals surface area (Å²) in [6.07, 6.45) is 1.43. The van der Waals surface area contributed by atoms with E-state index < -0.39 is 17.9 Å². The van der Waals surface area contributed by atoms with Gasteiger partial charge in [0.15, 0.2) is 0 Å². The SMILES string of the molecule is CC(O)(CO)Cn1ccc(N)nc1=O. The van der Waals surface area contributed by atoms with Crippen molar-refractivity contribution in [1.82, 2.24) is 9.55 Å². The number of anilines is 1. The van der Waals surface area contributed by atoms with E-state index in [1.54, 1.807) is 0 Å². The number of aliphatic hydroxyl groups excluding tert-OH is 1. The van der Waals surface area contributed by atoms with E-state index in [1.807, 2.05) is 0 Å². The molecule has 14 heavy (non-hydrogen) atoms. The van der Waals surface area contributed by atoms with Gasteiger partial charge in [0.25, 0.3) is 0 Å². The molecule has 6 heteroatoms. The summed E-state index contributed by atoms with van der Waals surface area (Å²) in [6, 6.07) is 1.45. The first kappa shape index (κ1) is 10.7. The second-order valence-corrected chi connectivity index (χ2v) is 3.42. The third-order valence-corrected chi connectivity index (χ3v) is 1.75. The fourth-order valence-corrected chi connectivity index (χ4v) is 0.979.